The summed E-state index contributed by atoms with van der Waals surface area (Å²) in [4.78, 5) is 23.0. The van der Waals surface area contributed by atoms with Crippen LogP contribution in [0.4, 0.5) is 19.0 Å². The normalized spacial score (nSPS) is 15.3. The van der Waals surface area contributed by atoms with Gasteiger partial charge in [-0.3, -0.25) is 19.8 Å². The van der Waals surface area contributed by atoms with Gasteiger partial charge in [-0.05, 0) is 54.3 Å². The van der Waals surface area contributed by atoms with Crippen molar-refractivity contribution in [1.82, 2.24) is 25.1 Å². The number of aromatic amines is 1. The fourth-order valence-corrected chi connectivity index (χ4v) is 4.27. The van der Waals surface area contributed by atoms with Crippen molar-refractivity contribution in [2.24, 2.45) is 0 Å². The van der Waals surface area contributed by atoms with Crippen LogP contribution in [0, 0.1) is 0 Å². The van der Waals surface area contributed by atoms with E-state index in [0.717, 1.165) is 55.2 Å². The largest absolute Gasteiger partial charge is 0.433 e. The number of aliphatic hydroxyl groups excluding tert-OH is 1. The zero-order chi connectivity index (χ0) is 25.3. The molecule has 0 radical (unpaired) electrons. The number of benzene rings is 1. The highest BCUT2D eigenvalue weighted by molar-refractivity contribution is 6.11. The first kappa shape index (κ1) is 23.9. The molecule has 4 aromatic rings. The molecule has 3 aromatic heterocycles. The Morgan fingerprint density at radius 2 is 1.92 bits per heavy atom. The number of rotatable bonds is 5. The Morgan fingerprint density at radius 1 is 1.11 bits per heavy atom. The average molecular weight is 496 g/mol. The van der Waals surface area contributed by atoms with Gasteiger partial charge in [-0.2, -0.15) is 18.3 Å². The highest BCUT2D eigenvalue weighted by Crippen LogP contribution is 2.29. The first-order valence-electron chi connectivity index (χ1n) is 11.4. The maximum atomic E-state index is 13.0. The van der Waals surface area contributed by atoms with Gasteiger partial charge in [0.05, 0.1) is 11.6 Å². The van der Waals surface area contributed by atoms with E-state index >= 15 is 0 Å². The van der Waals surface area contributed by atoms with Crippen molar-refractivity contribution in [3.05, 3.63) is 71.8 Å². The van der Waals surface area contributed by atoms with Gasteiger partial charge in [0, 0.05) is 43.0 Å². The third-order valence-electron chi connectivity index (χ3n) is 6.15. The third kappa shape index (κ3) is 5.21. The van der Waals surface area contributed by atoms with Crippen molar-refractivity contribution in [2.75, 3.05) is 18.4 Å². The Bertz CT molecular complexity index is 1400. The Hall–Kier alpha value is -3.83. The Balaban J connectivity index is 1.37. The molecule has 0 saturated carbocycles. The summed E-state index contributed by atoms with van der Waals surface area (Å²) in [7, 11) is 0. The maximum Gasteiger partial charge on any atom is 0.433 e. The summed E-state index contributed by atoms with van der Waals surface area (Å²) in [5.74, 6) is -0.895. The second-order valence-corrected chi connectivity index (χ2v) is 8.78. The molecule has 3 N–H and O–H groups in total. The highest BCUT2D eigenvalue weighted by atomic mass is 19.4. The smallest absolute Gasteiger partial charge is 0.393 e. The molecular weight excluding hydrogens is 473 g/mol. The van der Waals surface area contributed by atoms with Crippen LogP contribution in [0.3, 0.4) is 0 Å². The molecule has 0 spiro atoms. The van der Waals surface area contributed by atoms with E-state index in [9.17, 15) is 23.1 Å². The molecule has 1 fully saturated rings. The molecule has 0 unspecified atom stereocenters. The lowest BCUT2D eigenvalue weighted by molar-refractivity contribution is -0.141. The number of anilines is 1. The molecule has 1 aliphatic heterocycles. The quantitative estimate of drug-likeness (QED) is 0.382. The number of hydrogen-bond donors (Lipinski definition) is 3. The lowest BCUT2D eigenvalue weighted by Gasteiger charge is -2.29. The van der Waals surface area contributed by atoms with E-state index in [1.165, 1.54) is 12.1 Å². The van der Waals surface area contributed by atoms with E-state index in [-0.39, 0.29) is 17.6 Å². The number of nitrogens with zero attached hydrogens (tertiary/aromatic N) is 4. The SMILES string of the molecule is O=C(Nc1cccc(C(F)(F)F)n1)c1n[nH]c2ccc(-c3cncc(CN4CCC(O)CC4)c3)cc12. The van der Waals surface area contributed by atoms with Crippen LogP contribution in [0.25, 0.3) is 22.0 Å². The molecule has 11 heteroatoms. The predicted octanol–water partition coefficient (Wildman–Crippen LogP) is 4.25. The number of amides is 1. The molecule has 0 aliphatic carbocycles. The summed E-state index contributed by atoms with van der Waals surface area (Å²) in [6.07, 6.45) is 0.203. The molecule has 36 heavy (non-hydrogen) atoms. The summed E-state index contributed by atoms with van der Waals surface area (Å²) in [6, 6.07) is 10.8. The van der Waals surface area contributed by atoms with Gasteiger partial charge in [0.15, 0.2) is 5.69 Å². The number of alkyl halides is 3. The second kappa shape index (κ2) is 9.67. The molecule has 0 bridgehead atoms. The van der Waals surface area contributed by atoms with E-state index in [1.54, 1.807) is 18.3 Å². The fourth-order valence-electron chi connectivity index (χ4n) is 4.27. The first-order valence-corrected chi connectivity index (χ1v) is 11.4. The number of carbonyl (C=O) groups excluding carboxylic acids is 1. The Labute approximate surface area is 204 Å². The van der Waals surface area contributed by atoms with Gasteiger partial charge in [0.25, 0.3) is 5.91 Å². The summed E-state index contributed by atoms with van der Waals surface area (Å²) >= 11 is 0. The predicted molar refractivity (Wildman–Crippen MR) is 127 cm³/mol. The van der Waals surface area contributed by atoms with E-state index in [1.807, 2.05) is 18.3 Å². The van der Waals surface area contributed by atoms with Crippen LogP contribution < -0.4 is 5.32 Å². The van der Waals surface area contributed by atoms with E-state index in [2.05, 4.69) is 30.4 Å². The van der Waals surface area contributed by atoms with Crippen LogP contribution in [0.5, 0.6) is 0 Å². The Morgan fingerprint density at radius 3 is 2.69 bits per heavy atom. The molecule has 1 saturated heterocycles. The number of aromatic nitrogens is 4. The topological polar surface area (TPSA) is 107 Å². The van der Waals surface area contributed by atoms with Crippen LogP contribution in [0.1, 0.15) is 34.6 Å². The summed E-state index contributed by atoms with van der Waals surface area (Å²) in [5, 5.41) is 19.5. The minimum absolute atomic E-state index is 0.0436. The number of fused-ring (bicyclic) bond motifs is 1. The van der Waals surface area contributed by atoms with Crippen LogP contribution >= 0.6 is 0 Å². The lowest BCUT2D eigenvalue weighted by atomic mass is 10.0. The van der Waals surface area contributed by atoms with Crippen LogP contribution in [-0.4, -0.2) is 55.3 Å². The number of hydrogen-bond acceptors (Lipinski definition) is 6. The van der Waals surface area contributed by atoms with Crippen molar-refractivity contribution in [2.45, 2.75) is 31.7 Å². The number of aliphatic hydroxyl groups is 1. The standard InChI is InChI=1S/C25H23F3N6O2/c26-25(27,28)21-2-1-3-22(30-21)31-24(36)23-19-11-16(4-5-20(19)32-33-23)17-10-15(12-29-13-17)14-34-8-6-18(35)7-9-34/h1-5,10-13,18,35H,6-9,14H2,(H,32,33)(H,30,31,36). The van der Waals surface area contributed by atoms with Gasteiger partial charge in [-0.15, -0.1) is 0 Å². The van der Waals surface area contributed by atoms with Crippen molar-refractivity contribution in [1.29, 1.82) is 0 Å². The number of nitrogens with one attached hydrogen (secondary N) is 2. The molecular formula is C25H23F3N6O2. The van der Waals surface area contributed by atoms with Crippen LogP contribution in [0.15, 0.2) is 54.9 Å². The fraction of sp³-hybridized carbons (Fsp3) is 0.280. The van der Waals surface area contributed by atoms with Gasteiger partial charge < -0.3 is 10.4 Å². The van der Waals surface area contributed by atoms with Crippen LogP contribution in [0.2, 0.25) is 0 Å². The molecule has 1 aromatic carbocycles. The number of carbonyl (C=O) groups is 1. The van der Waals surface area contributed by atoms with Gasteiger partial charge in [-0.25, -0.2) is 4.98 Å². The zero-order valence-corrected chi connectivity index (χ0v) is 19.1. The van der Waals surface area contributed by atoms with Crippen molar-refractivity contribution >= 4 is 22.6 Å². The number of H-pyrrole nitrogens is 1. The number of pyridine rings is 2. The molecule has 8 nitrogen and oxygen atoms in total. The summed E-state index contributed by atoms with van der Waals surface area (Å²) in [6.45, 7) is 2.37. The first-order chi connectivity index (χ1) is 17.3. The molecule has 5 rings (SSSR count). The van der Waals surface area contributed by atoms with E-state index in [0.29, 0.717) is 10.9 Å². The van der Waals surface area contributed by atoms with Crippen LogP contribution in [-0.2, 0) is 12.7 Å². The molecule has 4 heterocycles. The minimum Gasteiger partial charge on any atom is -0.393 e. The van der Waals surface area contributed by atoms with Crippen molar-refractivity contribution in [3.63, 3.8) is 0 Å². The van der Waals surface area contributed by atoms with Gasteiger partial charge in [-0.1, -0.05) is 12.1 Å². The minimum atomic E-state index is -4.62. The van der Waals surface area contributed by atoms with Crippen molar-refractivity contribution < 1.29 is 23.1 Å². The van der Waals surface area contributed by atoms with Gasteiger partial charge >= 0.3 is 6.18 Å². The monoisotopic (exact) mass is 496 g/mol. The Kier molecular flexibility index (Phi) is 6.42. The molecule has 1 aliphatic rings. The summed E-state index contributed by atoms with van der Waals surface area (Å²) in [5.41, 5.74) is 2.27. The summed E-state index contributed by atoms with van der Waals surface area (Å²) < 4.78 is 38.9. The zero-order valence-electron chi connectivity index (χ0n) is 19.1. The lowest BCUT2D eigenvalue weighted by Crippen LogP contribution is -2.35. The molecule has 1 amide bonds. The van der Waals surface area contributed by atoms with Gasteiger partial charge in [0.1, 0.15) is 11.5 Å². The molecule has 0 atom stereocenters. The molecule has 186 valence electrons. The van der Waals surface area contributed by atoms with E-state index in [4.69, 9.17) is 0 Å². The second-order valence-electron chi connectivity index (χ2n) is 8.78. The van der Waals surface area contributed by atoms with Gasteiger partial charge in [0.2, 0.25) is 0 Å². The van der Waals surface area contributed by atoms with Crippen molar-refractivity contribution in [3.8, 4) is 11.1 Å². The maximum absolute atomic E-state index is 13.0. The highest BCUT2D eigenvalue weighted by Gasteiger charge is 2.32. The number of likely N-dealkylation sites (tertiary alicyclic amines) is 1. The van der Waals surface area contributed by atoms with E-state index < -0.39 is 17.8 Å². The third-order valence-corrected chi connectivity index (χ3v) is 6.15. The average Bonchev–Trinajstić information content (AvgIpc) is 3.29. The number of piperidine rings is 1. The number of halogens is 3.